The lowest BCUT2D eigenvalue weighted by molar-refractivity contribution is -0.120. The topological polar surface area (TPSA) is 93.3 Å². The Labute approximate surface area is 175 Å². The van der Waals surface area contributed by atoms with Crippen molar-refractivity contribution in [1.82, 2.24) is 15.3 Å². The third kappa shape index (κ3) is 7.12. The summed E-state index contributed by atoms with van der Waals surface area (Å²) in [7, 11) is 3.19. The second-order valence-corrected chi connectivity index (χ2v) is 7.97. The number of hydrogen-bond donors (Lipinski definition) is 2. The molecule has 29 heavy (non-hydrogen) atoms. The number of thioether (sulfide) groups is 1. The molecule has 2 rings (SSSR count). The average Bonchev–Trinajstić information content (AvgIpc) is 2.71. The van der Waals surface area contributed by atoms with E-state index < -0.39 is 0 Å². The van der Waals surface area contributed by atoms with E-state index in [9.17, 15) is 9.59 Å². The van der Waals surface area contributed by atoms with E-state index in [4.69, 9.17) is 9.47 Å². The second kappa shape index (κ2) is 11.5. The first-order chi connectivity index (χ1) is 14.0. The van der Waals surface area contributed by atoms with Crippen LogP contribution in [0.1, 0.15) is 37.9 Å². The van der Waals surface area contributed by atoms with Crippen molar-refractivity contribution < 1.29 is 14.3 Å². The average molecular weight is 420 g/mol. The number of benzene rings is 1. The van der Waals surface area contributed by atoms with Gasteiger partial charge in [0.15, 0.2) is 16.7 Å². The van der Waals surface area contributed by atoms with Crippen molar-refractivity contribution in [2.45, 2.75) is 49.9 Å². The molecule has 0 spiro atoms. The van der Waals surface area contributed by atoms with E-state index in [-0.39, 0.29) is 16.7 Å². The highest BCUT2D eigenvalue weighted by atomic mass is 32.2. The van der Waals surface area contributed by atoms with Crippen molar-refractivity contribution in [3.63, 3.8) is 0 Å². The second-order valence-electron chi connectivity index (χ2n) is 6.64. The number of aryl methyl sites for hydroxylation is 1. The molecule has 0 saturated heterocycles. The zero-order chi connectivity index (χ0) is 21.2. The lowest BCUT2D eigenvalue weighted by Gasteiger charge is -2.13. The molecule has 0 aliphatic carbocycles. The van der Waals surface area contributed by atoms with Gasteiger partial charge in [-0.1, -0.05) is 31.2 Å². The van der Waals surface area contributed by atoms with E-state index >= 15 is 0 Å². The molecule has 0 fully saturated rings. The molecule has 0 aliphatic rings. The maximum absolute atomic E-state index is 12.4. The number of carbonyl (C=O) groups excluding carboxylic acids is 1. The SMILES string of the molecule is CCCCc1cc(=O)[nH]c(SC(C)C(=O)NCCc2ccc(OC)c(OC)c2)n1. The predicted octanol–water partition coefficient (Wildman–Crippen LogP) is 2.97. The van der Waals surface area contributed by atoms with Crippen LogP contribution in [0.25, 0.3) is 0 Å². The molecule has 1 atom stereocenters. The summed E-state index contributed by atoms with van der Waals surface area (Å²) in [5.74, 6) is 1.24. The van der Waals surface area contributed by atoms with Crippen LogP contribution in [0.2, 0.25) is 0 Å². The Morgan fingerprint density at radius 2 is 1.97 bits per heavy atom. The molecular formula is C21H29N3O4S. The van der Waals surface area contributed by atoms with Gasteiger partial charge in [-0.3, -0.25) is 9.59 Å². The monoisotopic (exact) mass is 419 g/mol. The highest BCUT2D eigenvalue weighted by molar-refractivity contribution is 8.00. The Morgan fingerprint density at radius 1 is 1.21 bits per heavy atom. The third-order valence-corrected chi connectivity index (χ3v) is 5.36. The number of rotatable bonds is 11. The molecule has 1 heterocycles. The Kier molecular flexibility index (Phi) is 9.05. The first-order valence-electron chi connectivity index (χ1n) is 9.72. The quantitative estimate of drug-likeness (QED) is 0.430. The maximum atomic E-state index is 12.4. The summed E-state index contributed by atoms with van der Waals surface area (Å²) in [6.45, 7) is 4.39. The molecule has 1 amide bonds. The Morgan fingerprint density at radius 3 is 2.66 bits per heavy atom. The zero-order valence-corrected chi connectivity index (χ0v) is 18.2. The molecule has 2 aromatic rings. The summed E-state index contributed by atoms with van der Waals surface area (Å²) in [4.78, 5) is 31.4. The van der Waals surface area contributed by atoms with Crippen LogP contribution in [-0.4, -0.2) is 41.9 Å². The number of H-pyrrole nitrogens is 1. The number of hydrogen-bond acceptors (Lipinski definition) is 6. The third-order valence-electron chi connectivity index (χ3n) is 4.38. The van der Waals surface area contributed by atoms with E-state index in [1.54, 1.807) is 21.1 Å². The van der Waals surface area contributed by atoms with Crippen LogP contribution in [0.15, 0.2) is 34.2 Å². The number of ether oxygens (including phenoxy) is 2. The van der Waals surface area contributed by atoms with Gasteiger partial charge in [0.2, 0.25) is 5.91 Å². The normalized spacial score (nSPS) is 11.7. The van der Waals surface area contributed by atoms with Gasteiger partial charge >= 0.3 is 0 Å². The number of amides is 1. The largest absolute Gasteiger partial charge is 0.493 e. The Bertz CT molecular complexity index is 869. The molecule has 1 aromatic heterocycles. The fourth-order valence-corrected chi connectivity index (χ4v) is 3.61. The van der Waals surface area contributed by atoms with Gasteiger partial charge in [0.25, 0.3) is 5.56 Å². The molecule has 0 aliphatic heterocycles. The number of methoxy groups -OCH3 is 2. The first-order valence-corrected chi connectivity index (χ1v) is 10.6. The fourth-order valence-electron chi connectivity index (χ4n) is 2.76. The standard InChI is InChI=1S/C21H29N3O4S/c1-5-6-7-16-13-19(25)24-21(23-16)29-14(2)20(26)22-11-10-15-8-9-17(27-3)18(12-15)28-4/h8-9,12-14H,5-7,10-11H2,1-4H3,(H,22,26)(H,23,24,25). The van der Waals surface area contributed by atoms with Crippen LogP contribution >= 0.6 is 11.8 Å². The van der Waals surface area contributed by atoms with E-state index in [0.29, 0.717) is 29.6 Å². The van der Waals surface area contributed by atoms with Crippen molar-refractivity contribution in [1.29, 1.82) is 0 Å². The number of aromatic amines is 1. The lowest BCUT2D eigenvalue weighted by Crippen LogP contribution is -2.32. The summed E-state index contributed by atoms with van der Waals surface area (Å²) < 4.78 is 10.5. The molecule has 1 aromatic carbocycles. The minimum absolute atomic E-state index is 0.0999. The summed E-state index contributed by atoms with van der Waals surface area (Å²) in [6, 6.07) is 7.22. The summed E-state index contributed by atoms with van der Waals surface area (Å²) >= 11 is 1.26. The van der Waals surface area contributed by atoms with Crippen LogP contribution in [0, 0.1) is 0 Å². The summed E-state index contributed by atoms with van der Waals surface area (Å²) in [6.07, 6.45) is 3.45. The first kappa shape index (κ1) is 22.8. The minimum Gasteiger partial charge on any atom is -0.493 e. The van der Waals surface area contributed by atoms with Gasteiger partial charge in [-0.25, -0.2) is 4.98 Å². The van der Waals surface area contributed by atoms with E-state index in [0.717, 1.165) is 30.5 Å². The summed E-state index contributed by atoms with van der Waals surface area (Å²) in [5, 5.41) is 3.04. The van der Waals surface area contributed by atoms with Gasteiger partial charge in [-0.15, -0.1) is 0 Å². The molecule has 8 heteroatoms. The molecule has 2 N–H and O–H groups in total. The molecule has 7 nitrogen and oxygen atoms in total. The van der Waals surface area contributed by atoms with Gasteiger partial charge in [0.1, 0.15) is 0 Å². The highest BCUT2D eigenvalue weighted by Crippen LogP contribution is 2.27. The molecule has 0 radical (unpaired) electrons. The van der Waals surface area contributed by atoms with E-state index in [1.165, 1.54) is 17.8 Å². The number of nitrogens with one attached hydrogen (secondary N) is 2. The molecular weight excluding hydrogens is 390 g/mol. The van der Waals surface area contributed by atoms with Gasteiger partial charge in [0, 0.05) is 18.3 Å². The van der Waals surface area contributed by atoms with Gasteiger partial charge in [0.05, 0.1) is 19.5 Å². The van der Waals surface area contributed by atoms with Gasteiger partial charge < -0.3 is 19.8 Å². The van der Waals surface area contributed by atoms with Gasteiger partial charge in [-0.2, -0.15) is 0 Å². The smallest absolute Gasteiger partial charge is 0.251 e. The number of aromatic nitrogens is 2. The van der Waals surface area contributed by atoms with Gasteiger partial charge in [-0.05, 0) is 43.9 Å². The minimum atomic E-state index is -0.370. The van der Waals surface area contributed by atoms with Crippen molar-refractivity contribution in [3.8, 4) is 11.5 Å². The van der Waals surface area contributed by atoms with E-state index in [2.05, 4.69) is 22.2 Å². The number of unbranched alkanes of at least 4 members (excludes halogenated alkanes) is 1. The number of nitrogens with zero attached hydrogens (tertiary/aromatic N) is 1. The van der Waals surface area contributed by atoms with Crippen LogP contribution in [0.3, 0.4) is 0 Å². The van der Waals surface area contributed by atoms with E-state index in [1.807, 2.05) is 18.2 Å². The lowest BCUT2D eigenvalue weighted by atomic mass is 10.1. The van der Waals surface area contributed by atoms with Crippen LogP contribution in [-0.2, 0) is 17.6 Å². The zero-order valence-electron chi connectivity index (χ0n) is 17.4. The Hall–Kier alpha value is -2.48. The molecule has 158 valence electrons. The van der Waals surface area contributed by atoms with Crippen molar-refractivity contribution >= 4 is 17.7 Å². The Balaban J connectivity index is 1.88. The molecule has 0 saturated carbocycles. The summed E-state index contributed by atoms with van der Waals surface area (Å²) in [5.41, 5.74) is 1.62. The van der Waals surface area contributed by atoms with Crippen molar-refractivity contribution in [2.75, 3.05) is 20.8 Å². The van der Waals surface area contributed by atoms with Crippen LogP contribution < -0.4 is 20.3 Å². The van der Waals surface area contributed by atoms with Crippen molar-refractivity contribution in [3.05, 3.63) is 45.9 Å². The van der Waals surface area contributed by atoms with Crippen LogP contribution in [0.4, 0.5) is 0 Å². The maximum Gasteiger partial charge on any atom is 0.251 e. The highest BCUT2D eigenvalue weighted by Gasteiger charge is 2.16. The number of carbonyl (C=O) groups is 1. The molecule has 0 bridgehead atoms. The van der Waals surface area contributed by atoms with Crippen molar-refractivity contribution in [2.24, 2.45) is 0 Å². The molecule has 1 unspecified atom stereocenters. The van der Waals surface area contributed by atoms with Crippen LogP contribution in [0.5, 0.6) is 11.5 Å². The fraction of sp³-hybridized carbons (Fsp3) is 0.476. The predicted molar refractivity (Wildman–Crippen MR) is 115 cm³/mol.